The molecule has 0 spiro atoms. The van der Waals surface area contributed by atoms with Gasteiger partial charge >= 0.3 is 0 Å². The third-order valence-corrected chi connectivity index (χ3v) is 2.34. The van der Waals surface area contributed by atoms with Gasteiger partial charge < -0.3 is 4.84 Å². The van der Waals surface area contributed by atoms with E-state index in [1.807, 2.05) is 6.07 Å². The van der Waals surface area contributed by atoms with E-state index in [9.17, 15) is 4.79 Å². The maximum absolute atomic E-state index is 11.6. The molecule has 0 saturated heterocycles. The molecule has 2 rings (SSSR count). The van der Waals surface area contributed by atoms with Crippen molar-refractivity contribution in [2.24, 2.45) is 0 Å². The number of rotatable bonds is 2. The van der Waals surface area contributed by atoms with Crippen LogP contribution < -0.4 is 10.4 Å². The Bertz CT molecular complexity index is 688. The lowest BCUT2D eigenvalue weighted by molar-refractivity contribution is 0.200. The molecule has 0 bridgehead atoms. The maximum Gasteiger partial charge on any atom is 0.286 e. The van der Waals surface area contributed by atoms with Crippen molar-refractivity contribution < 1.29 is 4.84 Å². The second-order valence-corrected chi connectivity index (χ2v) is 4.01. The fourth-order valence-electron chi connectivity index (χ4n) is 1.34. The Hall–Kier alpha value is -2.32. The topological polar surface area (TPSA) is 67.9 Å². The smallest absolute Gasteiger partial charge is 0.286 e. The Morgan fingerprint density at radius 3 is 2.83 bits per heavy atom. The average molecular weight is 262 g/mol. The summed E-state index contributed by atoms with van der Waals surface area (Å²) in [6.45, 7) is 1.71. The molecular weight excluding hydrogens is 254 g/mol. The molecule has 90 valence electrons. The standard InChI is InChI=1S/C12H8ClN3O2/c1-8-2-12(17)16(7-15-8)18-11-4-9(6-14)3-10(13)5-11/h2-5,7H,1H3. The van der Waals surface area contributed by atoms with Crippen molar-refractivity contribution in [2.75, 3.05) is 0 Å². The van der Waals surface area contributed by atoms with Crippen LogP contribution in [0.5, 0.6) is 5.75 Å². The van der Waals surface area contributed by atoms with E-state index in [1.54, 1.807) is 6.92 Å². The van der Waals surface area contributed by atoms with E-state index in [1.165, 1.54) is 30.6 Å². The summed E-state index contributed by atoms with van der Waals surface area (Å²) < 4.78 is 0.972. The molecule has 1 heterocycles. The summed E-state index contributed by atoms with van der Waals surface area (Å²) in [6, 6.07) is 7.79. The van der Waals surface area contributed by atoms with Crippen LogP contribution in [0.15, 0.2) is 35.4 Å². The SMILES string of the molecule is Cc1cc(=O)n(Oc2cc(Cl)cc(C#N)c2)cn1. The summed E-state index contributed by atoms with van der Waals surface area (Å²) in [5, 5.41) is 9.16. The molecule has 0 radical (unpaired) electrons. The molecule has 1 aromatic heterocycles. The van der Waals surface area contributed by atoms with Crippen LogP contribution in [0.1, 0.15) is 11.3 Å². The Kier molecular flexibility index (Phi) is 3.31. The van der Waals surface area contributed by atoms with E-state index in [0.29, 0.717) is 22.0 Å². The lowest BCUT2D eigenvalue weighted by atomic mass is 10.2. The van der Waals surface area contributed by atoms with Crippen molar-refractivity contribution in [3.8, 4) is 11.8 Å². The summed E-state index contributed by atoms with van der Waals surface area (Å²) in [6.07, 6.45) is 1.27. The molecule has 0 N–H and O–H groups in total. The van der Waals surface area contributed by atoms with Crippen LogP contribution in [0.2, 0.25) is 5.02 Å². The highest BCUT2D eigenvalue weighted by Crippen LogP contribution is 2.20. The third-order valence-electron chi connectivity index (χ3n) is 2.12. The first kappa shape index (κ1) is 12.1. The van der Waals surface area contributed by atoms with E-state index >= 15 is 0 Å². The van der Waals surface area contributed by atoms with Crippen molar-refractivity contribution in [1.29, 1.82) is 5.26 Å². The van der Waals surface area contributed by atoms with Crippen LogP contribution in [-0.4, -0.2) is 9.71 Å². The minimum absolute atomic E-state index is 0.298. The normalized spacial score (nSPS) is 9.83. The molecule has 0 saturated carbocycles. The summed E-state index contributed by atoms with van der Waals surface area (Å²) in [5.74, 6) is 0.298. The number of nitrogens with zero attached hydrogens (tertiary/aromatic N) is 3. The molecule has 2 aromatic rings. The van der Waals surface area contributed by atoms with Crippen molar-refractivity contribution in [2.45, 2.75) is 6.92 Å². The highest BCUT2D eigenvalue weighted by molar-refractivity contribution is 6.30. The quantitative estimate of drug-likeness (QED) is 0.828. The number of aryl methyl sites for hydroxylation is 1. The predicted octanol–water partition coefficient (Wildman–Crippen LogP) is 1.92. The Morgan fingerprint density at radius 1 is 1.39 bits per heavy atom. The molecular formula is C12H8ClN3O2. The molecule has 0 unspecified atom stereocenters. The molecule has 0 amide bonds. The largest absolute Gasteiger partial charge is 0.371 e. The number of hydrogen-bond acceptors (Lipinski definition) is 4. The fraction of sp³-hybridized carbons (Fsp3) is 0.0833. The zero-order chi connectivity index (χ0) is 13.1. The van der Waals surface area contributed by atoms with Crippen molar-refractivity contribution in [3.05, 3.63) is 57.2 Å². The molecule has 0 fully saturated rings. The Balaban J connectivity index is 2.37. The van der Waals surface area contributed by atoms with Crippen LogP contribution in [-0.2, 0) is 0 Å². The first-order valence-corrected chi connectivity index (χ1v) is 5.40. The maximum atomic E-state index is 11.6. The van der Waals surface area contributed by atoms with Gasteiger partial charge in [-0.15, -0.1) is 4.73 Å². The van der Waals surface area contributed by atoms with Gasteiger partial charge in [-0.25, -0.2) is 4.98 Å². The van der Waals surface area contributed by atoms with Crippen LogP contribution in [0.3, 0.4) is 0 Å². The average Bonchev–Trinajstić information content (AvgIpc) is 2.32. The van der Waals surface area contributed by atoms with Crippen LogP contribution in [0, 0.1) is 18.3 Å². The van der Waals surface area contributed by atoms with Crippen molar-refractivity contribution >= 4 is 11.6 Å². The third kappa shape index (κ3) is 2.67. The zero-order valence-corrected chi connectivity index (χ0v) is 10.2. The van der Waals surface area contributed by atoms with Gasteiger partial charge in [0.2, 0.25) is 0 Å². The van der Waals surface area contributed by atoms with E-state index < -0.39 is 0 Å². The van der Waals surface area contributed by atoms with Gasteiger partial charge in [0.15, 0.2) is 5.75 Å². The molecule has 6 heteroatoms. The number of halogens is 1. The zero-order valence-electron chi connectivity index (χ0n) is 9.42. The van der Waals surface area contributed by atoms with Gasteiger partial charge in [0.05, 0.1) is 11.6 Å². The Labute approximate surface area is 108 Å². The Morgan fingerprint density at radius 2 is 2.17 bits per heavy atom. The predicted molar refractivity (Wildman–Crippen MR) is 65.4 cm³/mol. The van der Waals surface area contributed by atoms with E-state index in [0.717, 1.165) is 4.73 Å². The van der Waals surface area contributed by atoms with Crippen molar-refractivity contribution in [1.82, 2.24) is 9.71 Å². The van der Waals surface area contributed by atoms with Crippen LogP contribution in [0.4, 0.5) is 0 Å². The van der Waals surface area contributed by atoms with Crippen molar-refractivity contribution in [3.63, 3.8) is 0 Å². The van der Waals surface area contributed by atoms with Gasteiger partial charge in [0, 0.05) is 28.9 Å². The lowest BCUT2D eigenvalue weighted by Gasteiger charge is -2.07. The highest BCUT2D eigenvalue weighted by Gasteiger charge is 2.03. The van der Waals surface area contributed by atoms with Gasteiger partial charge in [0.1, 0.15) is 6.33 Å². The monoisotopic (exact) mass is 261 g/mol. The minimum atomic E-state index is -0.346. The molecule has 0 aliphatic heterocycles. The number of aromatic nitrogens is 2. The highest BCUT2D eigenvalue weighted by atomic mass is 35.5. The van der Waals surface area contributed by atoms with E-state index in [4.69, 9.17) is 21.7 Å². The summed E-state index contributed by atoms with van der Waals surface area (Å²) >= 11 is 5.83. The van der Waals surface area contributed by atoms with E-state index in [2.05, 4.69) is 4.98 Å². The first-order valence-electron chi connectivity index (χ1n) is 5.03. The summed E-state index contributed by atoms with van der Waals surface area (Å²) in [4.78, 5) is 20.8. The molecule has 5 nitrogen and oxygen atoms in total. The number of hydrogen-bond donors (Lipinski definition) is 0. The van der Waals surface area contributed by atoms with Gasteiger partial charge in [0.25, 0.3) is 5.56 Å². The molecule has 0 aliphatic carbocycles. The minimum Gasteiger partial charge on any atom is -0.371 e. The van der Waals surface area contributed by atoms with E-state index in [-0.39, 0.29) is 5.56 Å². The molecule has 0 aliphatic rings. The first-order chi connectivity index (χ1) is 8.58. The van der Waals surface area contributed by atoms with Crippen LogP contribution >= 0.6 is 11.6 Å². The van der Waals surface area contributed by atoms with Gasteiger partial charge in [-0.05, 0) is 13.0 Å². The number of nitriles is 1. The molecule has 1 aromatic carbocycles. The van der Waals surface area contributed by atoms with Gasteiger partial charge in [-0.2, -0.15) is 5.26 Å². The summed E-state index contributed by atoms with van der Waals surface area (Å²) in [5.41, 5.74) is 0.607. The fourth-order valence-corrected chi connectivity index (χ4v) is 1.57. The second-order valence-electron chi connectivity index (χ2n) is 3.57. The lowest BCUT2D eigenvalue weighted by Crippen LogP contribution is -2.24. The summed E-state index contributed by atoms with van der Waals surface area (Å²) in [7, 11) is 0. The van der Waals surface area contributed by atoms with Crippen LogP contribution in [0.25, 0.3) is 0 Å². The van der Waals surface area contributed by atoms with Gasteiger partial charge in [-0.1, -0.05) is 11.6 Å². The van der Waals surface area contributed by atoms with Gasteiger partial charge in [-0.3, -0.25) is 4.79 Å². The molecule has 0 atom stereocenters. The number of benzene rings is 1. The second kappa shape index (κ2) is 4.90. The molecule has 18 heavy (non-hydrogen) atoms.